The maximum atomic E-state index is 12.3. The van der Waals surface area contributed by atoms with Crippen molar-refractivity contribution in [1.29, 1.82) is 0 Å². The highest BCUT2D eigenvalue weighted by molar-refractivity contribution is 5.98. The van der Waals surface area contributed by atoms with Gasteiger partial charge in [0, 0.05) is 24.7 Å². The van der Waals surface area contributed by atoms with E-state index in [-0.39, 0.29) is 11.8 Å². The molecule has 0 radical (unpaired) electrons. The molecule has 22 heavy (non-hydrogen) atoms. The number of nitrogens with one attached hydrogen (secondary N) is 1. The van der Waals surface area contributed by atoms with Gasteiger partial charge in [-0.3, -0.25) is 9.59 Å². The van der Waals surface area contributed by atoms with Gasteiger partial charge in [-0.15, -0.1) is 0 Å². The lowest BCUT2D eigenvalue weighted by Gasteiger charge is -2.21. The van der Waals surface area contributed by atoms with E-state index < -0.39 is 6.04 Å². The number of rotatable bonds is 5. The van der Waals surface area contributed by atoms with Crippen LogP contribution in [0.3, 0.4) is 0 Å². The van der Waals surface area contributed by atoms with Crippen molar-refractivity contribution < 1.29 is 19.1 Å². The molecule has 1 fully saturated rings. The zero-order valence-electron chi connectivity index (χ0n) is 13.2. The van der Waals surface area contributed by atoms with E-state index in [2.05, 4.69) is 5.32 Å². The van der Waals surface area contributed by atoms with Gasteiger partial charge in [0.15, 0.2) is 0 Å². The number of carbonyl (C=O) groups is 2. The largest absolute Gasteiger partial charge is 0.497 e. The number of nitrogens with zero attached hydrogens (tertiary/aromatic N) is 1. The van der Waals surface area contributed by atoms with Crippen molar-refractivity contribution in [3.8, 4) is 11.5 Å². The summed E-state index contributed by atoms with van der Waals surface area (Å²) in [4.78, 5) is 26.3. The molecule has 0 bridgehead atoms. The zero-order chi connectivity index (χ0) is 16.1. The quantitative estimate of drug-likeness (QED) is 0.894. The van der Waals surface area contributed by atoms with E-state index in [0.717, 1.165) is 25.9 Å². The van der Waals surface area contributed by atoms with Crippen LogP contribution in [0.1, 0.15) is 30.1 Å². The maximum absolute atomic E-state index is 12.3. The minimum Gasteiger partial charge on any atom is -0.497 e. The Bertz CT molecular complexity index is 531. The van der Waals surface area contributed by atoms with Crippen molar-refractivity contribution in [3.63, 3.8) is 0 Å². The third kappa shape index (κ3) is 3.69. The predicted molar refractivity (Wildman–Crippen MR) is 82.3 cm³/mol. The normalized spacial score (nSPS) is 15.3. The van der Waals surface area contributed by atoms with Gasteiger partial charge in [-0.25, -0.2) is 0 Å². The molecule has 0 aromatic heterocycles. The minimum absolute atomic E-state index is 0.0410. The summed E-state index contributed by atoms with van der Waals surface area (Å²) < 4.78 is 10.3. The lowest BCUT2D eigenvalue weighted by Crippen LogP contribution is -2.45. The Morgan fingerprint density at radius 2 is 1.64 bits per heavy atom. The second kappa shape index (κ2) is 7.15. The van der Waals surface area contributed by atoms with Crippen LogP contribution in [0.2, 0.25) is 0 Å². The van der Waals surface area contributed by atoms with Crippen molar-refractivity contribution in [2.75, 3.05) is 27.3 Å². The van der Waals surface area contributed by atoms with Gasteiger partial charge in [0.25, 0.3) is 5.91 Å². The Kier molecular flexibility index (Phi) is 5.25. The van der Waals surface area contributed by atoms with Crippen LogP contribution in [0.15, 0.2) is 18.2 Å². The van der Waals surface area contributed by atoms with Crippen molar-refractivity contribution in [2.45, 2.75) is 25.8 Å². The van der Waals surface area contributed by atoms with Crippen LogP contribution in [0.4, 0.5) is 0 Å². The molecular weight excluding hydrogens is 284 g/mol. The van der Waals surface area contributed by atoms with Gasteiger partial charge < -0.3 is 19.7 Å². The van der Waals surface area contributed by atoms with Crippen LogP contribution in [0.25, 0.3) is 0 Å². The van der Waals surface area contributed by atoms with Gasteiger partial charge in [-0.2, -0.15) is 0 Å². The molecule has 1 saturated heterocycles. The lowest BCUT2D eigenvalue weighted by molar-refractivity contribution is -0.131. The summed E-state index contributed by atoms with van der Waals surface area (Å²) in [6, 6.07) is 4.37. The van der Waals surface area contributed by atoms with Gasteiger partial charge in [-0.05, 0) is 31.9 Å². The van der Waals surface area contributed by atoms with Crippen LogP contribution in [-0.2, 0) is 4.79 Å². The Balaban J connectivity index is 2.06. The first-order valence-corrected chi connectivity index (χ1v) is 7.38. The molecule has 0 spiro atoms. The molecule has 6 heteroatoms. The third-order valence-electron chi connectivity index (χ3n) is 3.75. The Hall–Kier alpha value is -2.24. The van der Waals surface area contributed by atoms with Crippen LogP contribution >= 0.6 is 0 Å². The van der Waals surface area contributed by atoms with Crippen LogP contribution in [0, 0.1) is 0 Å². The highest BCUT2D eigenvalue weighted by atomic mass is 16.5. The Morgan fingerprint density at radius 3 is 2.14 bits per heavy atom. The molecule has 1 aliphatic heterocycles. The summed E-state index contributed by atoms with van der Waals surface area (Å²) >= 11 is 0. The molecule has 1 atom stereocenters. The number of likely N-dealkylation sites (tertiary alicyclic amines) is 1. The Labute approximate surface area is 130 Å². The first-order chi connectivity index (χ1) is 10.5. The van der Waals surface area contributed by atoms with Gasteiger partial charge in [0.2, 0.25) is 5.91 Å². The molecular formula is C16H22N2O4. The summed E-state index contributed by atoms with van der Waals surface area (Å²) in [7, 11) is 3.05. The molecule has 1 aromatic rings. The van der Waals surface area contributed by atoms with E-state index in [1.807, 2.05) is 0 Å². The fourth-order valence-corrected chi connectivity index (χ4v) is 2.49. The topological polar surface area (TPSA) is 67.9 Å². The van der Waals surface area contributed by atoms with Crippen molar-refractivity contribution in [1.82, 2.24) is 10.2 Å². The summed E-state index contributed by atoms with van der Waals surface area (Å²) in [5.41, 5.74) is 0.400. The summed E-state index contributed by atoms with van der Waals surface area (Å²) in [6.07, 6.45) is 2.05. The molecule has 1 heterocycles. The summed E-state index contributed by atoms with van der Waals surface area (Å²) in [6.45, 7) is 3.24. The van der Waals surface area contributed by atoms with Crippen LogP contribution in [-0.4, -0.2) is 50.1 Å². The fourth-order valence-electron chi connectivity index (χ4n) is 2.49. The molecule has 1 aromatic carbocycles. The first-order valence-electron chi connectivity index (χ1n) is 7.38. The maximum Gasteiger partial charge on any atom is 0.252 e. The molecule has 2 rings (SSSR count). The number of ether oxygens (including phenoxy) is 2. The highest BCUT2D eigenvalue weighted by Crippen LogP contribution is 2.22. The molecule has 2 amide bonds. The number of hydrogen-bond acceptors (Lipinski definition) is 4. The number of amides is 2. The van der Waals surface area contributed by atoms with Crippen molar-refractivity contribution >= 4 is 11.8 Å². The average molecular weight is 306 g/mol. The second-order valence-corrected chi connectivity index (χ2v) is 5.33. The smallest absolute Gasteiger partial charge is 0.252 e. The van der Waals surface area contributed by atoms with E-state index in [4.69, 9.17) is 9.47 Å². The molecule has 0 aliphatic carbocycles. The van der Waals surface area contributed by atoms with Crippen molar-refractivity contribution in [2.24, 2.45) is 0 Å². The molecule has 6 nitrogen and oxygen atoms in total. The first kappa shape index (κ1) is 16.1. The SMILES string of the molecule is COc1cc(OC)cc(C(=O)N[C@@H](C)C(=O)N2CCCC2)c1. The molecule has 0 saturated carbocycles. The monoisotopic (exact) mass is 306 g/mol. The van der Waals surface area contributed by atoms with Gasteiger partial charge in [0.1, 0.15) is 17.5 Å². The van der Waals surface area contributed by atoms with Gasteiger partial charge in [0.05, 0.1) is 14.2 Å². The van der Waals surface area contributed by atoms with E-state index in [0.29, 0.717) is 17.1 Å². The predicted octanol–water partition coefficient (Wildman–Crippen LogP) is 1.44. The van der Waals surface area contributed by atoms with Crippen LogP contribution in [0.5, 0.6) is 11.5 Å². The van der Waals surface area contributed by atoms with E-state index in [1.54, 1.807) is 30.0 Å². The van der Waals surface area contributed by atoms with Gasteiger partial charge in [-0.1, -0.05) is 0 Å². The molecule has 0 unspecified atom stereocenters. The number of benzene rings is 1. The number of carbonyl (C=O) groups excluding carboxylic acids is 2. The lowest BCUT2D eigenvalue weighted by atomic mass is 10.1. The van der Waals surface area contributed by atoms with Crippen molar-refractivity contribution in [3.05, 3.63) is 23.8 Å². The molecule has 1 N–H and O–H groups in total. The molecule has 1 aliphatic rings. The minimum atomic E-state index is -0.553. The van der Waals surface area contributed by atoms with E-state index in [1.165, 1.54) is 14.2 Å². The summed E-state index contributed by atoms with van der Waals surface area (Å²) in [5.74, 6) is 0.698. The third-order valence-corrected chi connectivity index (χ3v) is 3.75. The van der Waals surface area contributed by atoms with E-state index in [9.17, 15) is 9.59 Å². The highest BCUT2D eigenvalue weighted by Gasteiger charge is 2.24. The fraction of sp³-hybridized carbons (Fsp3) is 0.500. The van der Waals surface area contributed by atoms with Gasteiger partial charge >= 0.3 is 0 Å². The summed E-state index contributed by atoms with van der Waals surface area (Å²) in [5, 5.41) is 2.73. The number of hydrogen-bond donors (Lipinski definition) is 1. The Morgan fingerprint density at radius 1 is 1.09 bits per heavy atom. The zero-order valence-corrected chi connectivity index (χ0v) is 13.2. The number of methoxy groups -OCH3 is 2. The standard InChI is InChI=1S/C16H22N2O4/c1-11(16(20)18-6-4-5-7-18)17-15(19)12-8-13(21-2)10-14(9-12)22-3/h8-11H,4-7H2,1-3H3,(H,17,19)/t11-/m0/s1. The van der Waals surface area contributed by atoms with Crippen LogP contribution < -0.4 is 14.8 Å². The second-order valence-electron chi connectivity index (χ2n) is 5.33. The average Bonchev–Trinajstić information content (AvgIpc) is 3.07. The molecule has 120 valence electrons. The van der Waals surface area contributed by atoms with E-state index >= 15 is 0 Å².